The van der Waals surface area contributed by atoms with Gasteiger partial charge in [-0.05, 0) is 43.2 Å². The van der Waals surface area contributed by atoms with Crippen LogP contribution in [0.5, 0.6) is 5.75 Å². The zero-order valence-electron chi connectivity index (χ0n) is 21.5. The van der Waals surface area contributed by atoms with E-state index >= 15 is 0 Å². The number of nitrogens with two attached hydrogens (primary N) is 1. The Labute approximate surface area is 231 Å². The van der Waals surface area contributed by atoms with Gasteiger partial charge in [0.25, 0.3) is 5.91 Å². The number of anilines is 2. The highest BCUT2D eigenvalue weighted by Gasteiger charge is 2.22. The third kappa shape index (κ3) is 7.81. The number of hydrogen-bond donors (Lipinski definition) is 3. The molecule has 2 fully saturated rings. The predicted octanol–water partition coefficient (Wildman–Crippen LogP) is 4.42. The normalized spacial score (nSPS) is 15.6. The summed E-state index contributed by atoms with van der Waals surface area (Å²) in [5.41, 5.74) is 6.69. The first-order valence-corrected chi connectivity index (χ1v) is 13.3. The molecule has 4 N–H and O–H groups in total. The minimum Gasteiger partial charge on any atom is -0.422 e. The highest BCUT2D eigenvalue weighted by atomic mass is 35.5. The Morgan fingerprint density at radius 3 is 2.46 bits per heavy atom. The van der Waals surface area contributed by atoms with Gasteiger partial charge in [0.05, 0.1) is 30.3 Å². The zero-order chi connectivity index (χ0) is 27.6. The van der Waals surface area contributed by atoms with E-state index < -0.39 is 11.9 Å². The van der Waals surface area contributed by atoms with E-state index in [0.717, 1.165) is 63.4 Å². The Morgan fingerprint density at radius 2 is 1.77 bits per heavy atom. The molecular formula is C28H32ClN5O5. The van der Waals surface area contributed by atoms with Crippen LogP contribution >= 0.6 is 11.6 Å². The van der Waals surface area contributed by atoms with Gasteiger partial charge in [-0.15, -0.1) is 0 Å². The van der Waals surface area contributed by atoms with E-state index in [2.05, 4.69) is 20.2 Å². The van der Waals surface area contributed by atoms with Crippen molar-refractivity contribution in [3.8, 4) is 5.75 Å². The number of para-hydroxylation sites is 1. The first kappa shape index (κ1) is 28.1. The average Bonchev–Trinajstić information content (AvgIpc) is 3.47. The topological polar surface area (TPSA) is 140 Å². The van der Waals surface area contributed by atoms with Crippen LogP contribution in [-0.2, 0) is 9.53 Å². The smallest absolute Gasteiger partial charge is 0.362 e. The fourth-order valence-electron chi connectivity index (χ4n) is 4.51. The highest BCUT2D eigenvalue weighted by Crippen LogP contribution is 2.30. The number of carbonyl (C=O) groups excluding carboxylic acids is 3. The molecule has 1 aromatic heterocycles. The number of ether oxygens (including phenoxy) is 2. The van der Waals surface area contributed by atoms with Crippen molar-refractivity contribution in [2.24, 2.45) is 11.7 Å². The Balaban J connectivity index is 0.000000187. The second-order valence-corrected chi connectivity index (χ2v) is 9.69. The van der Waals surface area contributed by atoms with Crippen molar-refractivity contribution in [1.29, 1.82) is 0 Å². The van der Waals surface area contributed by atoms with E-state index in [1.165, 1.54) is 12.7 Å². The number of hydrogen-bond acceptors (Lipinski definition) is 7. The van der Waals surface area contributed by atoms with E-state index in [-0.39, 0.29) is 23.2 Å². The van der Waals surface area contributed by atoms with Crippen molar-refractivity contribution < 1.29 is 23.9 Å². The number of nitrogens with zero attached hydrogens (tertiary/aromatic N) is 2. The molecule has 0 radical (unpaired) electrons. The number of primary amides is 1. The number of aromatic nitrogens is 2. The first-order valence-electron chi connectivity index (χ1n) is 13.0. The van der Waals surface area contributed by atoms with E-state index in [4.69, 9.17) is 26.8 Å². The summed E-state index contributed by atoms with van der Waals surface area (Å²) in [7, 11) is 0. The summed E-state index contributed by atoms with van der Waals surface area (Å²) in [6.07, 6.45) is 6.75. The number of H-pyrrole nitrogens is 1. The average molecular weight is 554 g/mol. The van der Waals surface area contributed by atoms with Crippen molar-refractivity contribution in [3.05, 3.63) is 71.3 Å². The fourth-order valence-corrected chi connectivity index (χ4v) is 4.67. The molecule has 39 heavy (non-hydrogen) atoms. The fraction of sp³-hybridized carbons (Fsp3) is 0.357. The second-order valence-electron chi connectivity index (χ2n) is 9.28. The minimum atomic E-state index is -0.786. The van der Waals surface area contributed by atoms with E-state index in [0.29, 0.717) is 10.8 Å². The third-order valence-electron chi connectivity index (χ3n) is 6.59. The SMILES string of the molecule is NC(=O)c1nc[nH]c1C(=O)Oc1ccccc1.O=C(Nc1cc(N2CCOCC2)ccc1Cl)C1CCCCC1. The van der Waals surface area contributed by atoms with E-state index in [1.807, 2.05) is 18.2 Å². The number of morpholine rings is 1. The number of nitrogens with one attached hydrogen (secondary N) is 2. The number of carbonyl (C=O) groups is 3. The van der Waals surface area contributed by atoms with Crippen LogP contribution in [0.15, 0.2) is 54.9 Å². The van der Waals surface area contributed by atoms with Gasteiger partial charge in [0, 0.05) is 24.7 Å². The monoisotopic (exact) mass is 553 g/mol. The number of imidazole rings is 1. The lowest BCUT2D eigenvalue weighted by Crippen LogP contribution is -2.36. The van der Waals surface area contributed by atoms with Crippen molar-refractivity contribution in [1.82, 2.24) is 9.97 Å². The lowest BCUT2D eigenvalue weighted by Gasteiger charge is -2.29. The van der Waals surface area contributed by atoms with Gasteiger partial charge in [0.15, 0.2) is 11.4 Å². The summed E-state index contributed by atoms with van der Waals surface area (Å²) in [6.45, 7) is 3.23. The molecule has 3 aromatic rings. The molecule has 2 amide bonds. The van der Waals surface area contributed by atoms with Gasteiger partial charge in [-0.2, -0.15) is 0 Å². The number of esters is 1. The summed E-state index contributed by atoms with van der Waals surface area (Å²) >= 11 is 6.26. The molecule has 1 saturated carbocycles. The maximum Gasteiger partial charge on any atom is 0.362 e. The molecule has 2 aliphatic rings. The minimum absolute atomic E-state index is 0.0543. The maximum atomic E-state index is 12.4. The molecule has 0 spiro atoms. The van der Waals surface area contributed by atoms with Gasteiger partial charge in [-0.1, -0.05) is 49.1 Å². The summed E-state index contributed by atoms with van der Waals surface area (Å²) in [6, 6.07) is 14.3. The molecule has 10 nitrogen and oxygen atoms in total. The van der Waals surface area contributed by atoms with E-state index in [1.54, 1.807) is 30.3 Å². The van der Waals surface area contributed by atoms with Crippen LogP contribution in [0.1, 0.15) is 53.1 Å². The number of halogens is 1. The lowest BCUT2D eigenvalue weighted by molar-refractivity contribution is -0.120. The van der Waals surface area contributed by atoms with Crippen LogP contribution in [0.4, 0.5) is 11.4 Å². The summed E-state index contributed by atoms with van der Waals surface area (Å²) in [4.78, 5) is 43.5. The molecular weight excluding hydrogens is 522 g/mol. The lowest BCUT2D eigenvalue weighted by atomic mass is 9.88. The summed E-state index contributed by atoms with van der Waals surface area (Å²) < 4.78 is 10.4. The first-order chi connectivity index (χ1) is 18.9. The van der Waals surface area contributed by atoms with Crippen LogP contribution in [-0.4, -0.2) is 54.1 Å². The van der Waals surface area contributed by atoms with Gasteiger partial charge in [-0.25, -0.2) is 9.78 Å². The van der Waals surface area contributed by atoms with Crippen molar-refractivity contribution in [2.75, 3.05) is 36.5 Å². The molecule has 11 heteroatoms. The number of benzene rings is 2. The molecule has 1 aliphatic carbocycles. The molecule has 5 rings (SSSR count). The van der Waals surface area contributed by atoms with Gasteiger partial charge in [-0.3, -0.25) is 9.59 Å². The van der Waals surface area contributed by atoms with Crippen LogP contribution in [0.3, 0.4) is 0 Å². The molecule has 0 bridgehead atoms. The number of amides is 2. The Bertz CT molecular complexity index is 1270. The Hall–Kier alpha value is -3.89. The van der Waals surface area contributed by atoms with Crippen LogP contribution in [0.2, 0.25) is 5.02 Å². The van der Waals surface area contributed by atoms with Crippen molar-refractivity contribution in [3.63, 3.8) is 0 Å². The van der Waals surface area contributed by atoms with Gasteiger partial charge in [0.1, 0.15) is 5.75 Å². The van der Waals surface area contributed by atoms with Crippen molar-refractivity contribution in [2.45, 2.75) is 32.1 Å². The summed E-state index contributed by atoms with van der Waals surface area (Å²) in [5, 5.41) is 3.63. The van der Waals surface area contributed by atoms with Gasteiger partial charge in [0.2, 0.25) is 5.91 Å². The molecule has 2 aromatic carbocycles. The molecule has 2 heterocycles. The maximum absolute atomic E-state index is 12.4. The third-order valence-corrected chi connectivity index (χ3v) is 6.92. The Morgan fingerprint density at radius 1 is 1.05 bits per heavy atom. The molecule has 1 saturated heterocycles. The van der Waals surface area contributed by atoms with Gasteiger partial charge < -0.3 is 30.4 Å². The zero-order valence-corrected chi connectivity index (χ0v) is 22.3. The quantitative estimate of drug-likeness (QED) is 0.303. The largest absolute Gasteiger partial charge is 0.422 e. The van der Waals surface area contributed by atoms with Gasteiger partial charge >= 0.3 is 5.97 Å². The van der Waals surface area contributed by atoms with E-state index in [9.17, 15) is 14.4 Å². The molecule has 0 unspecified atom stereocenters. The predicted molar refractivity (Wildman–Crippen MR) is 148 cm³/mol. The van der Waals surface area contributed by atoms with Crippen LogP contribution < -0.4 is 20.7 Å². The number of aromatic amines is 1. The van der Waals surface area contributed by atoms with Crippen molar-refractivity contribution >= 4 is 40.8 Å². The van der Waals surface area contributed by atoms with Crippen LogP contribution in [0, 0.1) is 5.92 Å². The molecule has 206 valence electrons. The standard InChI is InChI=1S/C17H23ClN2O2.C11H9N3O3/c18-15-7-6-14(20-8-10-22-11-9-20)12-16(15)19-17(21)13-4-2-1-3-5-13;12-10(15)8-9(14-6-13-8)11(16)17-7-4-2-1-3-5-7/h6-7,12-13H,1-5,8-11H2,(H,19,21);1-6H,(H2,12,15)(H,13,14). The highest BCUT2D eigenvalue weighted by molar-refractivity contribution is 6.33. The molecule has 1 aliphatic heterocycles. The molecule has 0 atom stereocenters. The summed E-state index contributed by atoms with van der Waals surface area (Å²) in [5.74, 6) is -0.867. The second kappa shape index (κ2) is 13.8. The van der Waals surface area contributed by atoms with Crippen LogP contribution in [0.25, 0.3) is 0 Å². The Kier molecular flexibility index (Phi) is 9.93. The number of rotatable bonds is 6.